The summed E-state index contributed by atoms with van der Waals surface area (Å²) in [5, 5.41) is 0. The van der Waals surface area contributed by atoms with Crippen LogP contribution in [0.1, 0.15) is 16.7 Å². The molecule has 1 aromatic rings. The van der Waals surface area contributed by atoms with Gasteiger partial charge < -0.3 is 0 Å². The van der Waals surface area contributed by atoms with Crippen LogP contribution in [0.15, 0.2) is 6.07 Å². The molecule has 0 spiro atoms. The second-order valence-electron chi connectivity index (χ2n) is 2.56. The lowest BCUT2D eigenvalue weighted by Crippen LogP contribution is -2.09. The fourth-order valence-corrected chi connectivity index (χ4v) is 1.10. The van der Waals surface area contributed by atoms with Crippen LogP contribution >= 0.6 is 0 Å². The largest absolute Gasteiger partial charge is 0.416 e. The van der Waals surface area contributed by atoms with Gasteiger partial charge in [0.15, 0.2) is 0 Å². The summed E-state index contributed by atoms with van der Waals surface area (Å²) in [6.07, 6.45) is -4.29. The molecule has 3 heteroatoms. The lowest BCUT2D eigenvalue weighted by atomic mass is 10.0. The molecule has 1 rings (SSSR count). The van der Waals surface area contributed by atoms with Gasteiger partial charge in [-0.15, -0.1) is 0 Å². The molecule has 0 amide bonds. The van der Waals surface area contributed by atoms with Crippen molar-refractivity contribution in [2.24, 2.45) is 0 Å². The molecule has 0 heterocycles. The summed E-state index contributed by atoms with van der Waals surface area (Å²) < 4.78 is 36.8. The highest BCUT2D eigenvalue weighted by atomic mass is 19.4. The average Bonchev–Trinajstić information content (AvgIpc) is 1.82. The molecule has 0 nitrogen and oxygen atoms in total. The van der Waals surface area contributed by atoms with E-state index in [1.807, 2.05) is 0 Å². The molecule has 2 radical (unpaired) electrons. The Bertz CT molecular complexity index is 266. The number of hydrogen-bond acceptors (Lipinski definition) is 0. The van der Waals surface area contributed by atoms with Gasteiger partial charge in [0.2, 0.25) is 0 Å². The van der Waals surface area contributed by atoms with Gasteiger partial charge in [-0.3, -0.25) is 0 Å². The zero-order valence-electron chi connectivity index (χ0n) is 6.71. The minimum atomic E-state index is -4.29. The van der Waals surface area contributed by atoms with Gasteiger partial charge in [-0.1, -0.05) is 0 Å². The molecule has 0 saturated heterocycles. The van der Waals surface area contributed by atoms with Crippen LogP contribution in [0.5, 0.6) is 0 Å². The molecule has 0 saturated carbocycles. The van der Waals surface area contributed by atoms with Crippen molar-refractivity contribution in [2.45, 2.75) is 20.0 Å². The first-order valence-corrected chi connectivity index (χ1v) is 3.39. The first kappa shape index (κ1) is 9.10. The van der Waals surface area contributed by atoms with Gasteiger partial charge >= 0.3 is 6.18 Å². The molecule has 12 heavy (non-hydrogen) atoms. The molecular weight excluding hydrogens is 165 g/mol. The standard InChI is InChI=1S/C9H7F3/c1-6-4-3-5-7(2)8(6)9(10,11)12/h3H,1-2H3. The zero-order valence-corrected chi connectivity index (χ0v) is 6.71. The SMILES string of the molecule is Cc1[c]c[c]c(C)c1C(F)(F)F. The third-order valence-electron chi connectivity index (χ3n) is 1.61. The van der Waals surface area contributed by atoms with Crippen LogP contribution in [0, 0.1) is 26.0 Å². The van der Waals surface area contributed by atoms with Gasteiger partial charge in [-0.25, -0.2) is 0 Å². The molecule has 0 aliphatic rings. The fraction of sp³-hybridized carbons (Fsp3) is 0.333. The summed E-state index contributed by atoms with van der Waals surface area (Å²) in [7, 11) is 0. The molecule has 0 N–H and O–H groups in total. The van der Waals surface area contributed by atoms with Crippen molar-refractivity contribution in [3.05, 3.63) is 34.9 Å². The summed E-state index contributed by atoms with van der Waals surface area (Å²) >= 11 is 0. The minimum absolute atomic E-state index is 0.124. The van der Waals surface area contributed by atoms with E-state index < -0.39 is 11.7 Å². The summed E-state index contributed by atoms with van der Waals surface area (Å²) in [4.78, 5) is 0. The number of hydrogen-bond donors (Lipinski definition) is 0. The van der Waals surface area contributed by atoms with E-state index in [-0.39, 0.29) is 11.1 Å². The molecule has 0 aliphatic heterocycles. The predicted octanol–water partition coefficient (Wildman–Crippen LogP) is 2.92. The number of aryl methyl sites for hydroxylation is 2. The molecule has 64 valence electrons. The Kier molecular flexibility index (Phi) is 2.13. The molecule has 0 bridgehead atoms. The zero-order chi connectivity index (χ0) is 9.35. The Morgan fingerprint density at radius 2 is 1.50 bits per heavy atom. The molecule has 0 atom stereocenters. The molecule has 0 fully saturated rings. The Morgan fingerprint density at radius 1 is 1.08 bits per heavy atom. The monoisotopic (exact) mass is 172 g/mol. The van der Waals surface area contributed by atoms with Crippen LogP contribution in [-0.4, -0.2) is 0 Å². The third-order valence-corrected chi connectivity index (χ3v) is 1.61. The second-order valence-corrected chi connectivity index (χ2v) is 2.56. The van der Waals surface area contributed by atoms with Crippen molar-refractivity contribution < 1.29 is 13.2 Å². The van der Waals surface area contributed by atoms with Crippen LogP contribution in [0.3, 0.4) is 0 Å². The van der Waals surface area contributed by atoms with Crippen LogP contribution in [-0.2, 0) is 6.18 Å². The molecular formula is C9H7F3. The third kappa shape index (κ3) is 1.60. The summed E-state index contributed by atoms with van der Waals surface area (Å²) in [6, 6.07) is 6.32. The van der Waals surface area contributed by atoms with Crippen LogP contribution in [0.25, 0.3) is 0 Å². The first-order chi connectivity index (χ1) is 5.43. The Morgan fingerprint density at radius 3 is 1.75 bits per heavy atom. The smallest absolute Gasteiger partial charge is 0.166 e. The van der Waals surface area contributed by atoms with Gasteiger partial charge in [-0.05, 0) is 43.2 Å². The highest BCUT2D eigenvalue weighted by molar-refractivity contribution is 5.34. The number of rotatable bonds is 0. The molecule has 1 aromatic carbocycles. The van der Waals surface area contributed by atoms with Crippen LogP contribution in [0.4, 0.5) is 13.2 Å². The van der Waals surface area contributed by atoms with Crippen molar-refractivity contribution in [2.75, 3.05) is 0 Å². The van der Waals surface area contributed by atoms with Crippen molar-refractivity contribution in [1.82, 2.24) is 0 Å². The summed E-state index contributed by atoms with van der Waals surface area (Å²) in [5.74, 6) is 0. The Labute approximate surface area is 69.0 Å². The minimum Gasteiger partial charge on any atom is -0.166 e. The predicted molar refractivity (Wildman–Crippen MR) is 38.6 cm³/mol. The van der Waals surface area contributed by atoms with Gasteiger partial charge in [0.25, 0.3) is 0 Å². The maximum absolute atomic E-state index is 12.3. The van der Waals surface area contributed by atoms with E-state index in [0.29, 0.717) is 0 Å². The summed E-state index contributed by atoms with van der Waals surface area (Å²) in [6.45, 7) is 2.79. The lowest BCUT2D eigenvalue weighted by Gasteiger charge is -2.11. The van der Waals surface area contributed by atoms with E-state index in [4.69, 9.17) is 0 Å². The number of halogens is 3. The highest BCUT2D eigenvalue weighted by Gasteiger charge is 2.33. The van der Waals surface area contributed by atoms with E-state index in [0.717, 1.165) is 0 Å². The normalized spacial score (nSPS) is 11.8. The topological polar surface area (TPSA) is 0 Å². The van der Waals surface area contributed by atoms with E-state index in [1.165, 1.54) is 19.9 Å². The molecule has 0 unspecified atom stereocenters. The maximum atomic E-state index is 12.3. The maximum Gasteiger partial charge on any atom is 0.416 e. The highest BCUT2D eigenvalue weighted by Crippen LogP contribution is 2.33. The van der Waals surface area contributed by atoms with Crippen LogP contribution in [0.2, 0.25) is 0 Å². The molecule has 0 aromatic heterocycles. The van der Waals surface area contributed by atoms with Gasteiger partial charge in [0, 0.05) is 0 Å². The van der Waals surface area contributed by atoms with E-state index in [9.17, 15) is 13.2 Å². The second kappa shape index (κ2) is 2.81. The first-order valence-electron chi connectivity index (χ1n) is 3.39. The number of benzene rings is 1. The quantitative estimate of drug-likeness (QED) is 0.564. The van der Waals surface area contributed by atoms with Crippen molar-refractivity contribution in [1.29, 1.82) is 0 Å². The van der Waals surface area contributed by atoms with E-state index >= 15 is 0 Å². The van der Waals surface area contributed by atoms with E-state index in [2.05, 4.69) is 12.1 Å². The van der Waals surface area contributed by atoms with Crippen molar-refractivity contribution in [3.63, 3.8) is 0 Å². The van der Waals surface area contributed by atoms with Gasteiger partial charge in [-0.2, -0.15) is 13.2 Å². The van der Waals surface area contributed by atoms with E-state index in [1.54, 1.807) is 0 Å². The van der Waals surface area contributed by atoms with Gasteiger partial charge in [0.1, 0.15) is 0 Å². The fourth-order valence-electron chi connectivity index (χ4n) is 1.10. The summed E-state index contributed by atoms with van der Waals surface area (Å²) in [5.41, 5.74) is -0.373. The van der Waals surface area contributed by atoms with Crippen LogP contribution < -0.4 is 0 Å². The Balaban J connectivity index is 3.31. The van der Waals surface area contributed by atoms with Crippen molar-refractivity contribution in [3.8, 4) is 0 Å². The Hall–Kier alpha value is -0.990. The average molecular weight is 172 g/mol. The van der Waals surface area contributed by atoms with Gasteiger partial charge in [0.05, 0.1) is 5.56 Å². The number of alkyl halides is 3. The lowest BCUT2D eigenvalue weighted by molar-refractivity contribution is -0.138. The van der Waals surface area contributed by atoms with Crippen molar-refractivity contribution >= 4 is 0 Å². The molecule has 0 aliphatic carbocycles.